The van der Waals surface area contributed by atoms with E-state index in [4.69, 9.17) is 9.84 Å². The second-order valence-corrected chi connectivity index (χ2v) is 5.58. The third-order valence-electron chi connectivity index (χ3n) is 3.75. The second kappa shape index (κ2) is 8.11. The molecular weight excluding hydrogens is 304 g/mol. The number of aromatic carboxylic acids is 1. The number of hydrogen-bond acceptors (Lipinski definition) is 3. The van der Waals surface area contributed by atoms with Crippen LogP contribution in [0.5, 0.6) is 0 Å². The van der Waals surface area contributed by atoms with E-state index >= 15 is 0 Å². The maximum Gasteiger partial charge on any atom is 0.335 e. The molecule has 0 saturated carbocycles. The molecule has 0 aromatic heterocycles. The van der Waals surface area contributed by atoms with Crippen LogP contribution in [0.1, 0.15) is 35.2 Å². The summed E-state index contributed by atoms with van der Waals surface area (Å²) < 4.78 is 5.18. The first-order valence-electron chi connectivity index (χ1n) is 7.71. The average molecular weight is 324 g/mol. The zero-order valence-corrected chi connectivity index (χ0v) is 13.6. The van der Waals surface area contributed by atoms with Crippen LogP contribution < -0.4 is 0 Å². The quantitative estimate of drug-likeness (QED) is 0.610. The van der Waals surface area contributed by atoms with Crippen LogP contribution in [0, 0.1) is 0 Å². The highest BCUT2D eigenvalue weighted by atomic mass is 16.5. The fourth-order valence-corrected chi connectivity index (χ4v) is 2.30. The molecule has 24 heavy (non-hydrogen) atoms. The van der Waals surface area contributed by atoms with E-state index in [0.717, 1.165) is 16.7 Å². The molecule has 1 N–H and O–H groups in total. The number of benzene rings is 2. The standard InChI is InChI=1S/C20H20O4/c1-3-4-19(21)24-13-14(2)15-5-7-16(8-6-15)17-9-11-18(12-10-17)20(22)23/h3,5-12,14H,1,4,13H2,2H3,(H,22,23). The minimum absolute atomic E-state index is 0.0993. The zero-order chi connectivity index (χ0) is 17.5. The van der Waals surface area contributed by atoms with Crippen LogP contribution in [0.25, 0.3) is 11.1 Å². The topological polar surface area (TPSA) is 63.6 Å². The summed E-state index contributed by atoms with van der Waals surface area (Å²) in [6, 6.07) is 14.7. The number of ether oxygens (including phenoxy) is 1. The summed E-state index contributed by atoms with van der Waals surface area (Å²) in [5.41, 5.74) is 3.31. The van der Waals surface area contributed by atoms with Crippen molar-refractivity contribution in [2.24, 2.45) is 0 Å². The molecule has 4 nitrogen and oxygen atoms in total. The predicted molar refractivity (Wildman–Crippen MR) is 93.0 cm³/mol. The van der Waals surface area contributed by atoms with Gasteiger partial charge in [-0.25, -0.2) is 4.79 Å². The highest BCUT2D eigenvalue weighted by Crippen LogP contribution is 2.23. The summed E-state index contributed by atoms with van der Waals surface area (Å²) in [5.74, 6) is -1.11. The second-order valence-electron chi connectivity index (χ2n) is 5.58. The van der Waals surface area contributed by atoms with Gasteiger partial charge in [0.25, 0.3) is 0 Å². The predicted octanol–water partition coefficient (Wildman–Crippen LogP) is 4.27. The summed E-state index contributed by atoms with van der Waals surface area (Å²) in [7, 11) is 0. The van der Waals surface area contributed by atoms with E-state index in [1.807, 2.05) is 31.2 Å². The SMILES string of the molecule is C=CCC(=O)OCC(C)c1ccc(-c2ccc(C(=O)O)cc2)cc1. The molecule has 0 amide bonds. The van der Waals surface area contributed by atoms with Crippen LogP contribution >= 0.6 is 0 Å². The number of hydrogen-bond donors (Lipinski definition) is 1. The molecule has 0 fully saturated rings. The summed E-state index contributed by atoms with van der Waals surface area (Å²) in [5, 5.41) is 8.93. The van der Waals surface area contributed by atoms with Crippen LogP contribution in [-0.2, 0) is 9.53 Å². The van der Waals surface area contributed by atoms with Crippen LogP contribution in [-0.4, -0.2) is 23.7 Å². The number of rotatable bonds is 7. The number of carboxylic acid groups (broad SMARTS) is 1. The van der Waals surface area contributed by atoms with E-state index in [2.05, 4.69) is 6.58 Å². The van der Waals surface area contributed by atoms with Gasteiger partial charge in [-0.3, -0.25) is 4.79 Å². The van der Waals surface area contributed by atoms with Crippen molar-refractivity contribution in [3.63, 3.8) is 0 Å². The average Bonchev–Trinajstić information content (AvgIpc) is 2.60. The van der Waals surface area contributed by atoms with Crippen molar-refractivity contribution >= 4 is 11.9 Å². The molecular formula is C20H20O4. The Hall–Kier alpha value is -2.88. The molecule has 0 radical (unpaired) electrons. The maximum absolute atomic E-state index is 11.4. The van der Waals surface area contributed by atoms with Crippen LogP contribution in [0.2, 0.25) is 0 Å². The number of esters is 1. The fraction of sp³-hybridized carbons (Fsp3) is 0.200. The lowest BCUT2D eigenvalue weighted by Crippen LogP contribution is -2.10. The number of carbonyl (C=O) groups excluding carboxylic acids is 1. The van der Waals surface area contributed by atoms with E-state index in [-0.39, 0.29) is 23.9 Å². The zero-order valence-electron chi connectivity index (χ0n) is 13.6. The lowest BCUT2D eigenvalue weighted by atomic mass is 9.97. The van der Waals surface area contributed by atoms with Gasteiger partial charge >= 0.3 is 11.9 Å². The fourth-order valence-electron chi connectivity index (χ4n) is 2.30. The molecule has 0 spiro atoms. The minimum Gasteiger partial charge on any atom is -0.478 e. The molecule has 0 bridgehead atoms. The van der Waals surface area contributed by atoms with E-state index in [1.165, 1.54) is 6.08 Å². The minimum atomic E-state index is -0.934. The summed E-state index contributed by atoms with van der Waals surface area (Å²) in [4.78, 5) is 22.2. The molecule has 0 saturated heterocycles. The van der Waals surface area contributed by atoms with Crippen molar-refractivity contribution in [2.75, 3.05) is 6.61 Å². The van der Waals surface area contributed by atoms with Gasteiger partial charge in [-0.15, -0.1) is 6.58 Å². The first-order valence-corrected chi connectivity index (χ1v) is 7.71. The summed E-state index contributed by atoms with van der Waals surface area (Å²) in [6.07, 6.45) is 1.75. The molecule has 1 unspecified atom stereocenters. The highest BCUT2D eigenvalue weighted by Gasteiger charge is 2.09. The normalized spacial score (nSPS) is 11.5. The van der Waals surface area contributed by atoms with Crippen LogP contribution in [0.3, 0.4) is 0 Å². The van der Waals surface area contributed by atoms with Gasteiger partial charge in [0.05, 0.1) is 18.6 Å². The molecule has 0 heterocycles. The van der Waals surface area contributed by atoms with E-state index < -0.39 is 5.97 Å². The van der Waals surface area contributed by atoms with Crippen LogP contribution in [0.15, 0.2) is 61.2 Å². The van der Waals surface area contributed by atoms with Crippen molar-refractivity contribution in [2.45, 2.75) is 19.3 Å². The Morgan fingerprint density at radius 1 is 1.08 bits per heavy atom. The highest BCUT2D eigenvalue weighted by molar-refractivity contribution is 5.88. The first-order chi connectivity index (χ1) is 11.5. The van der Waals surface area contributed by atoms with Crippen molar-refractivity contribution in [1.29, 1.82) is 0 Å². The van der Waals surface area contributed by atoms with Gasteiger partial charge in [0, 0.05) is 5.92 Å². The van der Waals surface area contributed by atoms with Crippen molar-refractivity contribution in [1.82, 2.24) is 0 Å². The van der Waals surface area contributed by atoms with E-state index in [9.17, 15) is 9.59 Å². The van der Waals surface area contributed by atoms with Crippen LogP contribution in [0.4, 0.5) is 0 Å². The van der Waals surface area contributed by atoms with Gasteiger partial charge in [-0.2, -0.15) is 0 Å². The molecule has 4 heteroatoms. The van der Waals surface area contributed by atoms with Crippen molar-refractivity contribution in [3.8, 4) is 11.1 Å². The lowest BCUT2D eigenvalue weighted by Gasteiger charge is -2.13. The Morgan fingerprint density at radius 3 is 2.12 bits per heavy atom. The molecule has 2 aromatic carbocycles. The lowest BCUT2D eigenvalue weighted by molar-refractivity contribution is -0.143. The van der Waals surface area contributed by atoms with Crippen molar-refractivity contribution in [3.05, 3.63) is 72.3 Å². The monoisotopic (exact) mass is 324 g/mol. The molecule has 124 valence electrons. The van der Waals surface area contributed by atoms with Gasteiger partial charge in [0.15, 0.2) is 0 Å². The Bertz CT molecular complexity index is 714. The Balaban J connectivity index is 2.03. The molecule has 2 aromatic rings. The van der Waals surface area contributed by atoms with Crippen molar-refractivity contribution < 1.29 is 19.4 Å². The van der Waals surface area contributed by atoms with Gasteiger partial charge in [-0.05, 0) is 28.8 Å². The van der Waals surface area contributed by atoms with E-state index in [0.29, 0.717) is 6.61 Å². The maximum atomic E-state index is 11.4. The van der Waals surface area contributed by atoms with Gasteiger partial charge in [0.2, 0.25) is 0 Å². The van der Waals surface area contributed by atoms with E-state index in [1.54, 1.807) is 24.3 Å². The molecule has 2 rings (SSSR count). The Kier molecular flexibility index (Phi) is 5.90. The largest absolute Gasteiger partial charge is 0.478 e. The van der Waals surface area contributed by atoms with Gasteiger partial charge in [0.1, 0.15) is 0 Å². The Labute approximate surface area is 141 Å². The summed E-state index contributed by atoms with van der Waals surface area (Å²) >= 11 is 0. The molecule has 0 aliphatic rings. The Morgan fingerprint density at radius 2 is 1.62 bits per heavy atom. The van der Waals surface area contributed by atoms with Gasteiger partial charge in [-0.1, -0.05) is 49.4 Å². The molecule has 0 aliphatic heterocycles. The molecule has 0 aliphatic carbocycles. The van der Waals surface area contributed by atoms with Gasteiger partial charge < -0.3 is 9.84 Å². The molecule has 1 atom stereocenters. The first kappa shape index (κ1) is 17.5. The summed E-state index contributed by atoms with van der Waals surface area (Å²) in [6.45, 7) is 5.84. The third kappa shape index (κ3) is 4.56. The number of carbonyl (C=O) groups is 2. The third-order valence-corrected chi connectivity index (χ3v) is 3.75. The number of carboxylic acids is 1. The smallest absolute Gasteiger partial charge is 0.335 e.